The molecule has 0 unspecified atom stereocenters. The van der Waals surface area contributed by atoms with Crippen LogP contribution in [0.4, 0.5) is 11.4 Å². The third-order valence-corrected chi connectivity index (χ3v) is 9.05. The largest absolute Gasteiger partial charge is 0.322 e. The lowest BCUT2D eigenvalue weighted by atomic mass is 10.1. The van der Waals surface area contributed by atoms with Crippen molar-refractivity contribution in [1.82, 2.24) is 4.31 Å². The highest BCUT2D eigenvalue weighted by atomic mass is 32.2. The second kappa shape index (κ2) is 10.6. The molecule has 0 fully saturated rings. The normalized spacial score (nSPS) is 11.9. The molecule has 8 nitrogen and oxygen atoms in total. The Morgan fingerprint density at radius 1 is 0.800 bits per heavy atom. The molecule has 0 aliphatic carbocycles. The highest BCUT2D eigenvalue weighted by Crippen LogP contribution is 2.24. The molecule has 0 atom stereocenters. The van der Waals surface area contributed by atoms with Gasteiger partial charge < -0.3 is 5.32 Å². The van der Waals surface area contributed by atoms with Crippen molar-refractivity contribution in [3.05, 3.63) is 83.4 Å². The zero-order chi connectivity index (χ0) is 25.8. The molecule has 0 heterocycles. The van der Waals surface area contributed by atoms with Crippen LogP contribution in [-0.4, -0.2) is 40.1 Å². The highest BCUT2D eigenvalue weighted by molar-refractivity contribution is 7.92. The fourth-order valence-corrected chi connectivity index (χ4v) is 6.12. The van der Waals surface area contributed by atoms with Crippen LogP contribution >= 0.6 is 0 Å². The number of anilines is 2. The lowest BCUT2D eigenvalue weighted by molar-refractivity contribution is 0.102. The third kappa shape index (κ3) is 5.90. The minimum Gasteiger partial charge on any atom is -0.322 e. The minimum absolute atomic E-state index is 0.122. The molecule has 3 aromatic rings. The number of benzene rings is 3. The molecule has 35 heavy (non-hydrogen) atoms. The molecule has 0 spiro atoms. The van der Waals surface area contributed by atoms with Crippen LogP contribution < -0.4 is 10.0 Å². The second-order valence-electron chi connectivity index (χ2n) is 7.96. The van der Waals surface area contributed by atoms with Crippen LogP contribution in [0.2, 0.25) is 0 Å². The zero-order valence-electron chi connectivity index (χ0n) is 20.1. The predicted octanol–water partition coefficient (Wildman–Crippen LogP) is 4.39. The van der Waals surface area contributed by atoms with E-state index >= 15 is 0 Å². The maximum atomic E-state index is 12.9. The molecule has 0 saturated heterocycles. The molecule has 0 aliphatic rings. The first-order valence-corrected chi connectivity index (χ1v) is 14.0. The molecule has 10 heteroatoms. The van der Waals surface area contributed by atoms with Crippen molar-refractivity contribution < 1.29 is 21.6 Å². The molecule has 0 saturated carbocycles. The maximum Gasteiger partial charge on any atom is 0.261 e. The van der Waals surface area contributed by atoms with Crippen LogP contribution in [0.5, 0.6) is 0 Å². The summed E-state index contributed by atoms with van der Waals surface area (Å²) >= 11 is 0. The van der Waals surface area contributed by atoms with E-state index in [2.05, 4.69) is 10.0 Å². The molecule has 3 rings (SSSR count). The molecule has 0 radical (unpaired) electrons. The lowest BCUT2D eigenvalue weighted by Gasteiger charge is -2.18. The first kappa shape index (κ1) is 26.4. The summed E-state index contributed by atoms with van der Waals surface area (Å²) in [4.78, 5) is 13.2. The van der Waals surface area contributed by atoms with Crippen LogP contribution in [0.1, 0.15) is 35.3 Å². The Morgan fingerprint density at radius 3 is 1.94 bits per heavy atom. The Morgan fingerprint density at radius 2 is 1.37 bits per heavy atom. The number of nitrogens with zero attached hydrogens (tertiary/aromatic N) is 1. The Balaban J connectivity index is 1.80. The Hall–Kier alpha value is -3.21. The molecule has 0 bridgehead atoms. The monoisotopic (exact) mass is 515 g/mol. The van der Waals surface area contributed by atoms with E-state index in [4.69, 9.17) is 0 Å². The lowest BCUT2D eigenvalue weighted by Crippen LogP contribution is -2.30. The van der Waals surface area contributed by atoms with Gasteiger partial charge in [0, 0.05) is 24.3 Å². The van der Waals surface area contributed by atoms with Crippen LogP contribution in [0.25, 0.3) is 0 Å². The molecule has 1 amide bonds. The van der Waals surface area contributed by atoms with E-state index in [1.807, 2.05) is 6.92 Å². The fourth-order valence-electron chi connectivity index (χ4n) is 3.53. The summed E-state index contributed by atoms with van der Waals surface area (Å²) in [6.07, 6.45) is 0. The Bertz CT molecular complexity index is 1410. The summed E-state index contributed by atoms with van der Waals surface area (Å²) in [5.41, 5.74) is 2.39. The molecular formula is C25H29N3O5S2. The van der Waals surface area contributed by atoms with Gasteiger partial charge in [-0.05, 0) is 67.9 Å². The first-order chi connectivity index (χ1) is 16.5. The van der Waals surface area contributed by atoms with Gasteiger partial charge in [0.05, 0.1) is 15.5 Å². The van der Waals surface area contributed by atoms with E-state index in [1.165, 1.54) is 40.7 Å². The fraction of sp³-hybridized carbons (Fsp3) is 0.240. The average Bonchev–Trinajstić information content (AvgIpc) is 2.81. The van der Waals surface area contributed by atoms with Crippen molar-refractivity contribution in [2.24, 2.45) is 0 Å². The molecule has 0 aliphatic heterocycles. The minimum atomic E-state index is -3.83. The van der Waals surface area contributed by atoms with Gasteiger partial charge in [0.1, 0.15) is 0 Å². The van der Waals surface area contributed by atoms with Gasteiger partial charge in [-0.3, -0.25) is 9.52 Å². The Kier molecular flexibility index (Phi) is 7.99. The van der Waals surface area contributed by atoms with Gasteiger partial charge in [0.25, 0.3) is 15.9 Å². The van der Waals surface area contributed by atoms with Crippen molar-refractivity contribution in [2.45, 2.75) is 37.5 Å². The van der Waals surface area contributed by atoms with Crippen molar-refractivity contribution in [2.75, 3.05) is 23.1 Å². The Labute approximate surface area is 207 Å². The highest BCUT2D eigenvalue weighted by Gasteiger charge is 2.22. The second-order valence-corrected chi connectivity index (χ2v) is 11.6. The van der Waals surface area contributed by atoms with E-state index in [9.17, 15) is 21.6 Å². The zero-order valence-corrected chi connectivity index (χ0v) is 21.7. The van der Waals surface area contributed by atoms with Crippen LogP contribution in [-0.2, 0) is 20.0 Å². The van der Waals surface area contributed by atoms with E-state index in [1.54, 1.807) is 51.1 Å². The van der Waals surface area contributed by atoms with Crippen molar-refractivity contribution in [3.8, 4) is 0 Å². The van der Waals surface area contributed by atoms with Crippen LogP contribution in [0.3, 0.4) is 0 Å². The van der Waals surface area contributed by atoms with Gasteiger partial charge >= 0.3 is 0 Å². The van der Waals surface area contributed by atoms with Gasteiger partial charge in [0.2, 0.25) is 10.0 Å². The van der Waals surface area contributed by atoms with E-state index in [-0.39, 0.29) is 15.4 Å². The smallest absolute Gasteiger partial charge is 0.261 e. The van der Waals surface area contributed by atoms with Gasteiger partial charge in [-0.25, -0.2) is 16.8 Å². The number of aryl methyl sites for hydroxylation is 1. The number of carbonyl (C=O) groups excluding carboxylic acids is 1. The SMILES string of the molecule is CCN(CC)S(=O)(=O)c1ccc(NC(=O)c2cccc(NS(=O)(=O)c3ccc(C)cc3)c2C)cc1. The van der Waals surface area contributed by atoms with Gasteiger partial charge in [0.15, 0.2) is 0 Å². The number of amides is 1. The van der Waals surface area contributed by atoms with Gasteiger partial charge in [-0.15, -0.1) is 0 Å². The summed E-state index contributed by atoms with van der Waals surface area (Å²) < 4.78 is 54.8. The van der Waals surface area contributed by atoms with Crippen molar-refractivity contribution in [1.29, 1.82) is 0 Å². The van der Waals surface area contributed by atoms with Crippen molar-refractivity contribution in [3.63, 3.8) is 0 Å². The van der Waals surface area contributed by atoms with Crippen molar-refractivity contribution >= 4 is 37.3 Å². The molecular weight excluding hydrogens is 486 g/mol. The number of rotatable bonds is 9. The summed E-state index contributed by atoms with van der Waals surface area (Å²) in [7, 11) is -7.43. The summed E-state index contributed by atoms with van der Waals surface area (Å²) in [5.74, 6) is -0.446. The predicted molar refractivity (Wildman–Crippen MR) is 138 cm³/mol. The summed E-state index contributed by atoms with van der Waals surface area (Å²) in [5, 5.41) is 2.74. The maximum absolute atomic E-state index is 12.9. The summed E-state index contributed by atoms with van der Waals surface area (Å²) in [6, 6.07) is 17.2. The molecule has 0 aromatic heterocycles. The molecule has 3 aromatic carbocycles. The van der Waals surface area contributed by atoms with E-state index < -0.39 is 26.0 Å². The number of hydrogen-bond donors (Lipinski definition) is 2. The third-order valence-electron chi connectivity index (χ3n) is 5.61. The number of sulfonamides is 2. The quantitative estimate of drug-likeness (QED) is 0.439. The average molecular weight is 516 g/mol. The van der Waals surface area contributed by atoms with Crippen LogP contribution in [0, 0.1) is 13.8 Å². The topological polar surface area (TPSA) is 113 Å². The first-order valence-electron chi connectivity index (χ1n) is 11.1. The number of hydrogen-bond acceptors (Lipinski definition) is 5. The summed E-state index contributed by atoms with van der Waals surface area (Å²) in [6.45, 7) is 7.79. The van der Waals surface area contributed by atoms with E-state index in [0.29, 0.717) is 30.0 Å². The standard InChI is InChI=1S/C25H29N3O5S2/c1-5-28(6-2)35(32,33)22-16-12-20(13-17-22)26-25(29)23-8-7-9-24(19(23)4)27-34(30,31)21-14-10-18(3)11-15-21/h7-17,27H,5-6H2,1-4H3,(H,26,29). The molecule has 186 valence electrons. The van der Waals surface area contributed by atoms with E-state index in [0.717, 1.165) is 5.56 Å². The van der Waals surface area contributed by atoms with Crippen LogP contribution in [0.15, 0.2) is 76.5 Å². The number of nitrogens with one attached hydrogen (secondary N) is 2. The number of carbonyl (C=O) groups is 1. The van der Waals surface area contributed by atoms with Gasteiger partial charge in [-0.2, -0.15) is 4.31 Å². The molecule has 2 N–H and O–H groups in total. The van der Waals surface area contributed by atoms with Gasteiger partial charge in [-0.1, -0.05) is 37.6 Å².